The predicted octanol–water partition coefficient (Wildman–Crippen LogP) is 4.38. The minimum Gasteiger partial charge on any atom is -0.446 e. The molecule has 4 rings (SSSR count). The van der Waals surface area contributed by atoms with Gasteiger partial charge < -0.3 is 15.4 Å². The molecule has 34 heavy (non-hydrogen) atoms. The van der Waals surface area contributed by atoms with Gasteiger partial charge in [-0.2, -0.15) is 5.10 Å². The first-order chi connectivity index (χ1) is 16.4. The third-order valence-electron chi connectivity index (χ3n) is 5.95. The third kappa shape index (κ3) is 5.67. The van der Waals surface area contributed by atoms with E-state index in [2.05, 4.69) is 21.7 Å². The van der Waals surface area contributed by atoms with E-state index in [9.17, 15) is 9.59 Å². The van der Waals surface area contributed by atoms with Crippen LogP contribution in [0.4, 0.5) is 9.80 Å². The summed E-state index contributed by atoms with van der Waals surface area (Å²) in [4.78, 5) is 26.0. The number of terminal acetylenes is 1. The number of nitrogens with one attached hydrogen (secondary N) is 2. The van der Waals surface area contributed by atoms with Crippen molar-refractivity contribution in [3.8, 4) is 12.3 Å². The van der Waals surface area contributed by atoms with Crippen molar-refractivity contribution in [3.63, 3.8) is 0 Å². The zero-order valence-electron chi connectivity index (χ0n) is 19.3. The van der Waals surface area contributed by atoms with Crippen molar-refractivity contribution in [2.24, 2.45) is 7.05 Å². The molecule has 0 saturated heterocycles. The van der Waals surface area contributed by atoms with Crippen molar-refractivity contribution in [1.29, 1.82) is 0 Å². The highest BCUT2D eigenvalue weighted by Gasteiger charge is 2.28. The number of aryl methyl sites for hydroxylation is 1. The van der Waals surface area contributed by atoms with E-state index in [0.717, 1.165) is 27.1 Å². The van der Waals surface area contributed by atoms with Gasteiger partial charge in [0.25, 0.3) is 0 Å². The Morgan fingerprint density at radius 2 is 2.15 bits per heavy atom. The van der Waals surface area contributed by atoms with Crippen molar-refractivity contribution in [3.05, 3.63) is 69.9 Å². The molecule has 8 heteroatoms. The van der Waals surface area contributed by atoms with Crippen LogP contribution < -0.4 is 10.6 Å². The molecule has 176 valence electrons. The highest BCUT2D eigenvalue weighted by atomic mass is 32.1. The number of benzene rings is 1. The van der Waals surface area contributed by atoms with Crippen LogP contribution in [0, 0.1) is 12.3 Å². The summed E-state index contributed by atoms with van der Waals surface area (Å²) in [7, 11) is 1.83. The SMILES string of the molecule is C#Cc1c(NC(=O)CC(C)c2ccccc2)sc2c1CCC(OC(=O)NCc1cnn(C)c1)C2. The average molecular weight is 477 g/mol. The number of ether oxygens (including phenoxy) is 1. The molecule has 2 amide bonds. The van der Waals surface area contributed by atoms with E-state index in [1.54, 1.807) is 10.9 Å². The van der Waals surface area contributed by atoms with Crippen LogP contribution in [-0.2, 0) is 36.0 Å². The molecule has 1 aliphatic rings. The van der Waals surface area contributed by atoms with Gasteiger partial charge in [0.05, 0.1) is 11.8 Å². The van der Waals surface area contributed by atoms with Crippen LogP contribution in [0.25, 0.3) is 0 Å². The van der Waals surface area contributed by atoms with Gasteiger partial charge in [0.2, 0.25) is 5.91 Å². The molecule has 2 aromatic heterocycles. The minimum absolute atomic E-state index is 0.0611. The lowest BCUT2D eigenvalue weighted by Gasteiger charge is -2.22. The standard InChI is InChI=1S/C26H28N4O3S/c1-4-21-22-11-10-20(33-26(32)27-14-18-15-28-30(3)16-18)13-23(22)34-25(21)29-24(31)12-17(2)19-8-6-5-7-9-19/h1,5-9,15-17,20H,10-14H2,2-3H3,(H,27,32)(H,29,31). The predicted molar refractivity (Wildman–Crippen MR) is 133 cm³/mol. The molecule has 0 spiro atoms. The summed E-state index contributed by atoms with van der Waals surface area (Å²) in [6, 6.07) is 9.98. The van der Waals surface area contributed by atoms with Crippen LogP contribution in [0.2, 0.25) is 0 Å². The van der Waals surface area contributed by atoms with E-state index in [1.807, 2.05) is 50.5 Å². The van der Waals surface area contributed by atoms with E-state index in [-0.39, 0.29) is 17.9 Å². The number of carbonyl (C=O) groups excluding carboxylic acids is 2. The molecule has 1 aromatic carbocycles. The zero-order chi connectivity index (χ0) is 24.1. The quantitative estimate of drug-likeness (QED) is 0.496. The van der Waals surface area contributed by atoms with Gasteiger partial charge >= 0.3 is 6.09 Å². The second-order valence-electron chi connectivity index (χ2n) is 8.56. The van der Waals surface area contributed by atoms with Crippen molar-refractivity contribution in [1.82, 2.24) is 15.1 Å². The normalized spacial score (nSPS) is 15.6. The van der Waals surface area contributed by atoms with Gasteiger partial charge in [-0.1, -0.05) is 43.2 Å². The summed E-state index contributed by atoms with van der Waals surface area (Å²) in [6.45, 7) is 2.40. The van der Waals surface area contributed by atoms with Crippen LogP contribution in [0.5, 0.6) is 0 Å². The Morgan fingerprint density at radius 3 is 2.85 bits per heavy atom. The minimum atomic E-state index is -0.450. The van der Waals surface area contributed by atoms with E-state index in [4.69, 9.17) is 11.2 Å². The maximum Gasteiger partial charge on any atom is 0.407 e. The lowest BCUT2D eigenvalue weighted by Crippen LogP contribution is -2.31. The molecular formula is C26H28N4O3S. The third-order valence-corrected chi connectivity index (χ3v) is 7.12. The van der Waals surface area contributed by atoms with Gasteiger partial charge in [0.15, 0.2) is 0 Å². The van der Waals surface area contributed by atoms with Crippen LogP contribution in [0.15, 0.2) is 42.7 Å². The smallest absolute Gasteiger partial charge is 0.407 e. The molecule has 1 aliphatic carbocycles. The largest absolute Gasteiger partial charge is 0.446 e. The molecule has 2 heterocycles. The number of anilines is 1. The number of fused-ring (bicyclic) bond motifs is 1. The van der Waals surface area contributed by atoms with E-state index >= 15 is 0 Å². The fourth-order valence-electron chi connectivity index (χ4n) is 4.18. The van der Waals surface area contributed by atoms with E-state index < -0.39 is 6.09 Å². The number of amides is 2. The first-order valence-electron chi connectivity index (χ1n) is 11.3. The van der Waals surface area contributed by atoms with E-state index in [0.29, 0.717) is 37.2 Å². The van der Waals surface area contributed by atoms with Crippen LogP contribution in [-0.4, -0.2) is 27.9 Å². The van der Waals surface area contributed by atoms with Gasteiger partial charge in [-0.05, 0) is 29.9 Å². The average Bonchev–Trinajstić information content (AvgIpc) is 3.40. The number of aromatic nitrogens is 2. The lowest BCUT2D eigenvalue weighted by atomic mass is 9.93. The lowest BCUT2D eigenvalue weighted by molar-refractivity contribution is -0.116. The summed E-state index contributed by atoms with van der Waals surface area (Å²) in [6.07, 6.45) is 11.0. The van der Waals surface area contributed by atoms with Gasteiger partial charge in [-0.3, -0.25) is 9.48 Å². The maximum atomic E-state index is 12.7. The van der Waals surface area contributed by atoms with Crippen molar-refractivity contribution in [2.75, 3.05) is 5.32 Å². The number of rotatable bonds is 7. The second kappa shape index (κ2) is 10.6. The van der Waals surface area contributed by atoms with Crippen LogP contribution in [0.3, 0.4) is 0 Å². The Labute approximate surface area is 203 Å². The summed E-state index contributed by atoms with van der Waals surface area (Å²) in [5.74, 6) is 2.80. The van der Waals surface area contributed by atoms with Crippen LogP contribution in [0.1, 0.15) is 52.8 Å². The highest BCUT2D eigenvalue weighted by molar-refractivity contribution is 7.16. The molecule has 2 unspecified atom stereocenters. The topological polar surface area (TPSA) is 85.2 Å². The first kappa shape index (κ1) is 23.6. The zero-order valence-corrected chi connectivity index (χ0v) is 20.2. The Hall–Kier alpha value is -3.57. The van der Waals surface area contributed by atoms with Gasteiger partial charge in [0.1, 0.15) is 11.1 Å². The monoisotopic (exact) mass is 476 g/mol. The molecule has 3 aromatic rings. The molecule has 0 radical (unpaired) electrons. The summed E-state index contributed by atoms with van der Waals surface area (Å²) >= 11 is 1.48. The van der Waals surface area contributed by atoms with Crippen LogP contribution >= 0.6 is 11.3 Å². The van der Waals surface area contributed by atoms with E-state index in [1.165, 1.54) is 11.3 Å². The van der Waals surface area contributed by atoms with Crippen molar-refractivity contribution < 1.29 is 14.3 Å². The molecule has 0 fully saturated rings. The number of alkyl carbamates (subject to hydrolysis) is 1. The fraction of sp³-hybridized carbons (Fsp3) is 0.346. The molecule has 0 saturated carbocycles. The fourth-order valence-corrected chi connectivity index (χ4v) is 5.47. The first-order valence-corrected chi connectivity index (χ1v) is 12.1. The Bertz CT molecular complexity index is 1210. The summed E-state index contributed by atoms with van der Waals surface area (Å²) in [5, 5.41) is 10.6. The maximum absolute atomic E-state index is 12.7. The Kier molecular flexibility index (Phi) is 7.33. The number of carbonyl (C=O) groups is 2. The number of thiophene rings is 1. The van der Waals surface area contributed by atoms with Gasteiger partial charge in [0, 0.05) is 43.1 Å². The Morgan fingerprint density at radius 1 is 1.35 bits per heavy atom. The molecule has 2 N–H and O–H groups in total. The number of hydrogen-bond acceptors (Lipinski definition) is 5. The van der Waals surface area contributed by atoms with Crippen molar-refractivity contribution in [2.45, 2.75) is 51.2 Å². The van der Waals surface area contributed by atoms with Gasteiger partial charge in [-0.15, -0.1) is 17.8 Å². The molecule has 0 aliphatic heterocycles. The van der Waals surface area contributed by atoms with Gasteiger partial charge in [-0.25, -0.2) is 4.79 Å². The van der Waals surface area contributed by atoms with Crippen molar-refractivity contribution >= 4 is 28.3 Å². The summed E-state index contributed by atoms with van der Waals surface area (Å²) < 4.78 is 7.32. The number of nitrogens with zero attached hydrogens (tertiary/aromatic N) is 2. The molecule has 2 atom stereocenters. The molecule has 7 nitrogen and oxygen atoms in total. The molecular weight excluding hydrogens is 448 g/mol. The Balaban J connectivity index is 1.34. The highest BCUT2D eigenvalue weighted by Crippen LogP contribution is 2.38. The summed E-state index contributed by atoms with van der Waals surface area (Å²) in [5.41, 5.74) is 3.86. The molecule has 0 bridgehead atoms. The second-order valence-corrected chi connectivity index (χ2v) is 9.67. The number of hydrogen-bond donors (Lipinski definition) is 2.